The van der Waals surface area contributed by atoms with E-state index in [2.05, 4.69) is 0 Å². The molecule has 1 fully saturated rings. The maximum Gasteiger partial charge on any atom is 0.389 e. The highest BCUT2D eigenvalue weighted by atomic mass is 35.5. The maximum atomic E-state index is 13.1. The molecule has 1 aliphatic rings. The summed E-state index contributed by atoms with van der Waals surface area (Å²) < 4.78 is 70.6. The monoisotopic (exact) mass is 442 g/mol. The van der Waals surface area contributed by atoms with Gasteiger partial charge in [0, 0.05) is 24.6 Å². The number of sulfonamides is 1. The van der Waals surface area contributed by atoms with Gasteiger partial charge in [-0.3, -0.25) is 4.79 Å². The van der Waals surface area contributed by atoms with Crippen LogP contribution in [0.4, 0.5) is 13.2 Å². The first-order chi connectivity index (χ1) is 13.0. The number of hydrogen-bond donors (Lipinski definition) is 1. The molecular formula is C17H22ClF3N2O4S. The van der Waals surface area contributed by atoms with Crippen LogP contribution in [0.5, 0.6) is 0 Å². The van der Waals surface area contributed by atoms with Gasteiger partial charge in [-0.15, -0.1) is 0 Å². The van der Waals surface area contributed by atoms with Crippen molar-refractivity contribution in [2.45, 2.75) is 55.3 Å². The first kappa shape index (κ1) is 22.9. The van der Waals surface area contributed by atoms with Crippen LogP contribution in [0, 0.1) is 0 Å². The number of nitrogens with two attached hydrogens (primary N) is 1. The summed E-state index contributed by atoms with van der Waals surface area (Å²) in [6, 6.07) is 3.51. The molecule has 1 aliphatic heterocycles. The molecule has 2 rings (SSSR count). The predicted molar refractivity (Wildman–Crippen MR) is 97.2 cm³/mol. The summed E-state index contributed by atoms with van der Waals surface area (Å²) >= 11 is 5.78. The highest BCUT2D eigenvalue weighted by Crippen LogP contribution is 2.28. The van der Waals surface area contributed by atoms with Crippen LogP contribution in [0.3, 0.4) is 0 Å². The molecule has 1 saturated heterocycles. The molecule has 0 spiro atoms. The Kier molecular flexibility index (Phi) is 7.72. The molecule has 28 heavy (non-hydrogen) atoms. The number of alkyl halides is 3. The normalized spacial score (nSPS) is 19.5. The lowest BCUT2D eigenvalue weighted by Crippen LogP contribution is -2.51. The van der Waals surface area contributed by atoms with E-state index < -0.39 is 47.1 Å². The number of benzene rings is 1. The van der Waals surface area contributed by atoms with E-state index in [9.17, 15) is 26.4 Å². The van der Waals surface area contributed by atoms with Crippen LogP contribution in [0.1, 0.15) is 32.1 Å². The number of halogens is 4. The standard InChI is InChI=1S/C17H22ClF3N2O4S/c18-12-4-6-14(7-5-12)28(25,26)23(11-13-3-1-2-10-27-13)15(16(22)24)8-9-17(19,20)21/h4-7,13,15H,1-3,8-11H2,(H2,22,24)/t13-,15-/m0/s1. The Balaban J connectivity index is 2.38. The van der Waals surface area contributed by atoms with Gasteiger partial charge in [0.1, 0.15) is 6.04 Å². The molecule has 0 saturated carbocycles. The Morgan fingerprint density at radius 2 is 1.93 bits per heavy atom. The first-order valence-corrected chi connectivity index (χ1v) is 10.6. The molecule has 2 atom stereocenters. The third kappa shape index (κ3) is 6.33. The second-order valence-corrected chi connectivity index (χ2v) is 8.92. The van der Waals surface area contributed by atoms with Crippen LogP contribution in [0.25, 0.3) is 0 Å². The molecule has 0 unspecified atom stereocenters. The van der Waals surface area contributed by atoms with Gasteiger partial charge in [0.15, 0.2) is 0 Å². The van der Waals surface area contributed by atoms with Gasteiger partial charge >= 0.3 is 6.18 Å². The van der Waals surface area contributed by atoms with Gasteiger partial charge in [0.2, 0.25) is 15.9 Å². The molecule has 6 nitrogen and oxygen atoms in total. The van der Waals surface area contributed by atoms with Crippen molar-refractivity contribution in [1.82, 2.24) is 4.31 Å². The van der Waals surface area contributed by atoms with Crippen LogP contribution in [0.15, 0.2) is 29.2 Å². The molecule has 1 amide bonds. The molecule has 0 radical (unpaired) electrons. The number of ether oxygens (including phenoxy) is 1. The van der Waals surface area contributed by atoms with E-state index in [1.54, 1.807) is 0 Å². The van der Waals surface area contributed by atoms with Gasteiger partial charge in [-0.1, -0.05) is 11.6 Å². The van der Waals surface area contributed by atoms with Crippen LogP contribution < -0.4 is 5.73 Å². The summed E-state index contributed by atoms with van der Waals surface area (Å²) in [4.78, 5) is 11.7. The van der Waals surface area contributed by atoms with Gasteiger partial charge in [-0.2, -0.15) is 17.5 Å². The number of carbonyl (C=O) groups is 1. The molecule has 1 aromatic carbocycles. The number of primary amides is 1. The number of hydrogen-bond acceptors (Lipinski definition) is 4. The maximum absolute atomic E-state index is 13.1. The van der Waals surface area contributed by atoms with Crippen LogP contribution in [0.2, 0.25) is 5.02 Å². The SMILES string of the molecule is NC(=O)[C@H](CCC(F)(F)F)N(C[C@@H]1CCCCO1)S(=O)(=O)c1ccc(Cl)cc1. The zero-order valence-electron chi connectivity index (χ0n) is 15.0. The highest BCUT2D eigenvalue weighted by Gasteiger charge is 2.39. The summed E-state index contributed by atoms with van der Waals surface area (Å²) in [6.07, 6.45) is -5.03. The van der Waals surface area contributed by atoms with Crippen molar-refractivity contribution in [1.29, 1.82) is 0 Å². The molecule has 158 valence electrons. The molecule has 2 N–H and O–H groups in total. The van der Waals surface area contributed by atoms with Crippen molar-refractivity contribution in [3.05, 3.63) is 29.3 Å². The van der Waals surface area contributed by atoms with E-state index in [1.165, 1.54) is 24.3 Å². The van der Waals surface area contributed by atoms with E-state index in [0.717, 1.165) is 17.1 Å². The smallest absolute Gasteiger partial charge is 0.377 e. The van der Waals surface area contributed by atoms with E-state index >= 15 is 0 Å². The minimum absolute atomic E-state index is 0.189. The number of nitrogens with zero attached hydrogens (tertiary/aromatic N) is 1. The van der Waals surface area contributed by atoms with E-state index in [1.807, 2.05) is 0 Å². The third-order valence-corrected chi connectivity index (χ3v) is 6.60. The van der Waals surface area contributed by atoms with Crippen molar-refractivity contribution in [3.8, 4) is 0 Å². The highest BCUT2D eigenvalue weighted by molar-refractivity contribution is 7.89. The lowest BCUT2D eigenvalue weighted by atomic mass is 10.1. The fourth-order valence-corrected chi connectivity index (χ4v) is 4.80. The molecule has 1 aromatic rings. The van der Waals surface area contributed by atoms with Gasteiger partial charge in [0.05, 0.1) is 11.0 Å². The average Bonchev–Trinajstić information content (AvgIpc) is 2.61. The minimum Gasteiger partial charge on any atom is -0.377 e. The van der Waals surface area contributed by atoms with E-state index in [4.69, 9.17) is 22.1 Å². The Morgan fingerprint density at radius 3 is 2.43 bits per heavy atom. The van der Waals surface area contributed by atoms with Crippen LogP contribution in [-0.2, 0) is 19.6 Å². The summed E-state index contributed by atoms with van der Waals surface area (Å²) in [6.45, 7) is 0.166. The van der Waals surface area contributed by atoms with E-state index in [0.29, 0.717) is 18.1 Å². The minimum atomic E-state index is -4.55. The van der Waals surface area contributed by atoms with Crippen LogP contribution >= 0.6 is 11.6 Å². The average molecular weight is 443 g/mol. The Hall–Kier alpha value is -1.36. The third-order valence-electron chi connectivity index (χ3n) is 4.46. The summed E-state index contributed by atoms with van der Waals surface area (Å²) in [7, 11) is -4.30. The summed E-state index contributed by atoms with van der Waals surface area (Å²) in [5.74, 6) is -1.14. The van der Waals surface area contributed by atoms with Crippen LogP contribution in [-0.4, -0.2) is 50.1 Å². The van der Waals surface area contributed by atoms with Crippen molar-refractivity contribution >= 4 is 27.5 Å². The Labute approximate surface area is 166 Å². The topological polar surface area (TPSA) is 89.7 Å². The predicted octanol–water partition coefficient (Wildman–Crippen LogP) is 3.10. The quantitative estimate of drug-likeness (QED) is 0.669. The fraction of sp³-hybridized carbons (Fsp3) is 0.588. The molecule has 0 bridgehead atoms. The van der Waals surface area contributed by atoms with Crippen molar-refractivity contribution in [2.75, 3.05) is 13.2 Å². The number of amides is 1. The molecule has 0 aliphatic carbocycles. The molecule has 1 heterocycles. The van der Waals surface area contributed by atoms with Crippen molar-refractivity contribution in [2.24, 2.45) is 5.73 Å². The Bertz CT molecular complexity index is 766. The lowest BCUT2D eigenvalue weighted by Gasteiger charge is -2.33. The largest absolute Gasteiger partial charge is 0.389 e. The summed E-state index contributed by atoms with van der Waals surface area (Å²) in [5.41, 5.74) is 5.30. The van der Waals surface area contributed by atoms with Crippen molar-refractivity contribution in [3.63, 3.8) is 0 Å². The van der Waals surface area contributed by atoms with E-state index in [-0.39, 0.29) is 11.4 Å². The van der Waals surface area contributed by atoms with Gasteiger partial charge < -0.3 is 10.5 Å². The van der Waals surface area contributed by atoms with Gasteiger partial charge in [-0.25, -0.2) is 8.42 Å². The molecule has 0 aromatic heterocycles. The fourth-order valence-electron chi connectivity index (χ4n) is 3.02. The van der Waals surface area contributed by atoms with Gasteiger partial charge in [0.25, 0.3) is 0 Å². The van der Waals surface area contributed by atoms with Crippen molar-refractivity contribution < 1.29 is 31.1 Å². The molecular weight excluding hydrogens is 421 g/mol. The lowest BCUT2D eigenvalue weighted by molar-refractivity contribution is -0.140. The summed E-state index contributed by atoms with van der Waals surface area (Å²) in [5, 5.41) is 0.296. The zero-order chi connectivity index (χ0) is 20.9. The zero-order valence-corrected chi connectivity index (χ0v) is 16.6. The number of carbonyl (C=O) groups excluding carboxylic acids is 1. The first-order valence-electron chi connectivity index (χ1n) is 8.76. The second-order valence-electron chi connectivity index (χ2n) is 6.59. The second kappa shape index (κ2) is 9.43. The number of rotatable bonds is 8. The molecule has 11 heteroatoms. The van der Waals surface area contributed by atoms with Gasteiger partial charge in [-0.05, 0) is 49.9 Å². The Morgan fingerprint density at radius 1 is 1.29 bits per heavy atom.